The third kappa shape index (κ3) is 3.51. The highest BCUT2D eigenvalue weighted by molar-refractivity contribution is 7.86. The quantitative estimate of drug-likeness (QED) is 0.769. The van der Waals surface area contributed by atoms with Crippen LogP contribution in [0.3, 0.4) is 0 Å². The lowest BCUT2D eigenvalue weighted by molar-refractivity contribution is -0.142. The molecule has 1 N–H and O–H groups in total. The minimum absolute atomic E-state index is 0.170. The number of hydrogen-bond acceptors (Lipinski definition) is 3. The third-order valence-electron chi connectivity index (χ3n) is 4.11. The van der Waals surface area contributed by atoms with E-state index in [0.717, 1.165) is 25.7 Å². The fourth-order valence-corrected chi connectivity index (χ4v) is 4.56. The van der Waals surface area contributed by atoms with Gasteiger partial charge in [-0.25, -0.2) is 0 Å². The summed E-state index contributed by atoms with van der Waals surface area (Å²) in [6.07, 6.45) is 4.59. The summed E-state index contributed by atoms with van der Waals surface area (Å²) >= 11 is 0. The fraction of sp³-hybridized carbons (Fsp3) is 0.923. The standard InChI is InChI=1S/C13H24N2O4S/c1-2-3-8-15(12-4-5-12)20(18,19)14-9-6-11(7-10-14)13(16)17/h11-12H,2-10H2,1H3,(H,16,17). The van der Waals surface area contributed by atoms with Crippen molar-refractivity contribution < 1.29 is 18.3 Å². The van der Waals surface area contributed by atoms with Crippen LogP contribution in [0.4, 0.5) is 0 Å². The normalized spacial score (nSPS) is 22.3. The Kier molecular flexibility index (Phi) is 5.04. The van der Waals surface area contributed by atoms with Gasteiger partial charge >= 0.3 is 5.97 Å². The highest BCUT2D eigenvalue weighted by Gasteiger charge is 2.41. The number of rotatable bonds is 7. The molecule has 1 heterocycles. The Hall–Kier alpha value is -0.660. The maximum Gasteiger partial charge on any atom is 0.306 e. The van der Waals surface area contributed by atoms with Gasteiger partial charge in [-0.05, 0) is 32.1 Å². The molecule has 0 bridgehead atoms. The van der Waals surface area contributed by atoms with Gasteiger partial charge in [-0.1, -0.05) is 13.3 Å². The van der Waals surface area contributed by atoms with Crippen molar-refractivity contribution in [3.63, 3.8) is 0 Å². The Morgan fingerprint density at radius 3 is 2.30 bits per heavy atom. The van der Waals surface area contributed by atoms with Crippen molar-refractivity contribution in [2.45, 2.75) is 51.5 Å². The largest absolute Gasteiger partial charge is 0.481 e. The molecule has 116 valence electrons. The number of piperidine rings is 1. The van der Waals surface area contributed by atoms with Crippen molar-refractivity contribution in [2.75, 3.05) is 19.6 Å². The molecule has 0 atom stereocenters. The first kappa shape index (κ1) is 15.7. The second-order valence-corrected chi connectivity index (χ2v) is 7.60. The SMILES string of the molecule is CCCCN(C1CC1)S(=O)(=O)N1CCC(C(=O)O)CC1. The van der Waals surface area contributed by atoms with Gasteiger partial charge in [-0.2, -0.15) is 17.0 Å². The molecule has 0 radical (unpaired) electrons. The Labute approximate surface area is 120 Å². The molecule has 0 aromatic carbocycles. The van der Waals surface area contributed by atoms with Crippen LogP contribution in [-0.2, 0) is 15.0 Å². The summed E-state index contributed by atoms with van der Waals surface area (Å²) in [4.78, 5) is 10.9. The average Bonchev–Trinajstić information content (AvgIpc) is 3.23. The molecule has 2 aliphatic rings. The van der Waals surface area contributed by atoms with E-state index in [9.17, 15) is 13.2 Å². The van der Waals surface area contributed by atoms with Crippen LogP contribution in [0.25, 0.3) is 0 Å². The molecular formula is C13H24N2O4S. The summed E-state index contributed by atoms with van der Waals surface area (Å²) < 4.78 is 28.4. The van der Waals surface area contributed by atoms with E-state index in [1.54, 1.807) is 4.31 Å². The molecule has 0 amide bonds. The van der Waals surface area contributed by atoms with Gasteiger partial charge in [0.2, 0.25) is 0 Å². The summed E-state index contributed by atoms with van der Waals surface area (Å²) in [6.45, 7) is 3.29. The number of nitrogens with zero attached hydrogens (tertiary/aromatic N) is 2. The van der Waals surface area contributed by atoms with Crippen LogP contribution >= 0.6 is 0 Å². The van der Waals surface area contributed by atoms with E-state index in [1.807, 2.05) is 0 Å². The zero-order chi connectivity index (χ0) is 14.8. The van der Waals surface area contributed by atoms with Gasteiger partial charge < -0.3 is 5.11 Å². The van der Waals surface area contributed by atoms with Crippen LogP contribution in [0.1, 0.15) is 45.4 Å². The number of carbonyl (C=O) groups is 1. The van der Waals surface area contributed by atoms with Crippen LogP contribution in [0.15, 0.2) is 0 Å². The summed E-state index contributed by atoms with van der Waals surface area (Å²) in [5.41, 5.74) is 0. The summed E-state index contributed by atoms with van der Waals surface area (Å²) in [5, 5.41) is 8.97. The molecule has 2 fully saturated rings. The monoisotopic (exact) mass is 304 g/mol. The molecule has 6 nitrogen and oxygen atoms in total. The molecule has 0 aromatic heterocycles. The molecular weight excluding hydrogens is 280 g/mol. The Bertz CT molecular complexity index is 439. The van der Waals surface area contributed by atoms with Gasteiger partial charge in [0.15, 0.2) is 0 Å². The molecule has 0 aromatic rings. The number of unbranched alkanes of at least 4 members (excludes halogenated alkanes) is 1. The lowest BCUT2D eigenvalue weighted by Crippen LogP contribution is -2.48. The lowest BCUT2D eigenvalue weighted by atomic mass is 9.99. The Morgan fingerprint density at radius 2 is 1.85 bits per heavy atom. The molecule has 2 rings (SSSR count). The molecule has 1 aliphatic heterocycles. The first-order valence-electron chi connectivity index (χ1n) is 7.46. The zero-order valence-electron chi connectivity index (χ0n) is 12.0. The molecule has 1 aliphatic carbocycles. The van der Waals surface area contributed by atoms with E-state index in [-0.39, 0.29) is 6.04 Å². The first-order chi connectivity index (χ1) is 9.46. The summed E-state index contributed by atoms with van der Waals surface area (Å²) in [5.74, 6) is -1.21. The number of carboxylic acid groups (broad SMARTS) is 1. The maximum absolute atomic E-state index is 12.7. The van der Waals surface area contributed by atoms with Crippen molar-refractivity contribution in [1.29, 1.82) is 0 Å². The Morgan fingerprint density at radius 1 is 1.25 bits per heavy atom. The lowest BCUT2D eigenvalue weighted by Gasteiger charge is -2.34. The highest BCUT2D eigenvalue weighted by atomic mass is 32.2. The van der Waals surface area contributed by atoms with Gasteiger partial charge in [-0.15, -0.1) is 0 Å². The smallest absolute Gasteiger partial charge is 0.306 e. The predicted molar refractivity (Wildman–Crippen MR) is 75.5 cm³/mol. The Balaban J connectivity index is 2.00. The van der Waals surface area contributed by atoms with E-state index in [0.29, 0.717) is 32.5 Å². The minimum atomic E-state index is -3.41. The molecule has 1 saturated heterocycles. The second kappa shape index (κ2) is 6.41. The van der Waals surface area contributed by atoms with E-state index in [2.05, 4.69) is 6.92 Å². The van der Waals surface area contributed by atoms with Crippen molar-refractivity contribution in [3.05, 3.63) is 0 Å². The molecule has 0 unspecified atom stereocenters. The van der Waals surface area contributed by atoms with Crippen molar-refractivity contribution in [2.24, 2.45) is 5.92 Å². The van der Waals surface area contributed by atoms with E-state index in [4.69, 9.17) is 5.11 Å². The van der Waals surface area contributed by atoms with Crippen LogP contribution in [-0.4, -0.2) is 53.8 Å². The summed E-state index contributed by atoms with van der Waals surface area (Å²) in [6, 6.07) is 0.170. The van der Waals surface area contributed by atoms with Gasteiger partial charge in [0, 0.05) is 25.7 Å². The van der Waals surface area contributed by atoms with E-state index in [1.165, 1.54) is 4.31 Å². The van der Waals surface area contributed by atoms with Crippen LogP contribution in [0, 0.1) is 5.92 Å². The molecule has 1 saturated carbocycles. The van der Waals surface area contributed by atoms with Gasteiger partial charge in [-0.3, -0.25) is 4.79 Å². The van der Waals surface area contributed by atoms with Crippen LogP contribution in [0.5, 0.6) is 0 Å². The number of hydrogen-bond donors (Lipinski definition) is 1. The third-order valence-corrected chi connectivity index (χ3v) is 6.20. The topological polar surface area (TPSA) is 77.9 Å². The predicted octanol–water partition coefficient (Wildman–Crippen LogP) is 1.29. The molecule has 7 heteroatoms. The first-order valence-corrected chi connectivity index (χ1v) is 8.86. The van der Waals surface area contributed by atoms with Gasteiger partial charge in [0.05, 0.1) is 5.92 Å². The van der Waals surface area contributed by atoms with Crippen molar-refractivity contribution in [1.82, 2.24) is 8.61 Å². The number of carboxylic acids is 1. The van der Waals surface area contributed by atoms with Crippen molar-refractivity contribution >= 4 is 16.2 Å². The molecule has 20 heavy (non-hydrogen) atoms. The second-order valence-electron chi connectivity index (χ2n) is 5.71. The average molecular weight is 304 g/mol. The van der Waals surface area contributed by atoms with Crippen LogP contribution in [0.2, 0.25) is 0 Å². The van der Waals surface area contributed by atoms with Gasteiger partial charge in [0.25, 0.3) is 10.2 Å². The van der Waals surface area contributed by atoms with E-state index >= 15 is 0 Å². The number of aliphatic carboxylic acids is 1. The zero-order valence-corrected chi connectivity index (χ0v) is 12.8. The minimum Gasteiger partial charge on any atom is -0.481 e. The fourth-order valence-electron chi connectivity index (χ4n) is 2.64. The summed E-state index contributed by atoms with van der Waals surface area (Å²) in [7, 11) is -3.41. The maximum atomic E-state index is 12.7. The van der Waals surface area contributed by atoms with Gasteiger partial charge in [0.1, 0.15) is 0 Å². The molecule has 0 spiro atoms. The van der Waals surface area contributed by atoms with E-state index < -0.39 is 22.1 Å². The van der Waals surface area contributed by atoms with Crippen LogP contribution < -0.4 is 0 Å². The highest BCUT2D eigenvalue weighted by Crippen LogP contribution is 2.32. The van der Waals surface area contributed by atoms with Crippen molar-refractivity contribution in [3.8, 4) is 0 Å².